The fourth-order valence-corrected chi connectivity index (χ4v) is 3.42. The van der Waals surface area contributed by atoms with Crippen molar-refractivity contribution in [1.82, 2.24) is 15.1 Å². The van der Waals surface area contributed by atoms with Crippen LogP contribution in [0.3, 0.4) is 0 Å². The van der Waals surface area contributed by atoms with Crippen LogP contribution in [0.4, 0.5) is 0 Å². The third kappa shape index (κ3) is 3.43. The number of hydrogen-bond donors (Lipinski definition) is 1. The number of nitrogens with zero attached hydrogens (tertiary/aromatic N) is 2. The normalized spacial score (nSPS) is 34.2. The minimum Gasteiger partial charge on any atom is -0.317 e. The molecule has 1 saturated carbocycles. The van der Waals surface area contributed by atoms with Crippen LogP contribution in [0.25, 0.3) is 0 Å². The van der Waals surface area contributed by atoms with Gasteiger partial charge >= 0.3 is 0 Å². The average molecular weight is 239 g/mol. The first-order valence-corrected chi connectivity index (χ1v) is 7.30. The standard InChI is InChI=1S/C14H29N3/c1-4-15-9-13-5-6-14(13)17(3)11-12-7-8-16(2)10-12/h12-15H,4-11H2,1-3H3. The molecule has 3 heteroatoms. The van der Waals surface area contributed by atoms with E-state index in [-0.39, 0.29) is 0 Å². The van der Waals surface area contributed by atoms with Gasteiger partial charge in [0.25, 0.3) is 0 Å². The molecule has 3 unspecified atom stereocenters. The van der Waals surface area contributed by atoms with E-state index in [0.717, 1.165) is 24.4 Å². The number of likely N-dealkylation sites (tertiary alicyclic amines) is 1. The molecule has 0 aromatic heterocycles. The molecule has 1 aliphatic heterocycles. The highest BCUT2D eigenvalue weighted by atomic mass is 15.2. The van der Waals surface area contributed by atoms with Crippen molar-refractivity contribution in [1.29, 1.82) is 0 Å². The van der Waals surface area contributed by atoms with Gasteiger partial charge in [0, 0.05) is 19.1 Å². The van der Waals surface area contributed by atoms with Crippen LogP contribution < -0.4 is 5.32 Å². The third-order valence-electron chi connectivity index (χ3n) is 4.64. The van der Waals surface area contributed by atoms with Gasteiger partial charge in [-0.2, -0.15) is 0 Å². The predicted molar refractivity (Wildman–Crippen MR) is 73.3 cm³/mol. The number of rotatable bonds is 6. The summed E-state index contributed by atoms with van der Waals surface area (Å²) >= 11 is 0. The average Bonchev–Trinajstić information content (AvgIpc) is 2.62. The van der Waals surface area contributed by atoms with Crippen LogP contribution in [-0.2, 0) is 0 Å². The van der Waals surface area contributed by atoms with E-state index >= 15 is 0 Å². The number of hydrogen-bond acceptors (Lipinski definition) is 3. The summed E-state index contributed by atoms with van der Waals surface area (Å²) in [5.41, 5.74) is 0. The topological polar surface area (TPSA) is 18.5 Å². The van der Waals surface area contributed by atoms with E-state index in [4.69, 9.17) is 0 Å². The molecule has 1 saturated heterocycles. The van der Waals surface area contributed by atoms with E-state index in [1.807, 2.05) is 0 Å². The molecule has 1 N–H and O–H groups in total. The Balaban J connectivity index is 1.70. The molecule has 2 rings (SSSR count). The van der Waals surface area contributed by atoms with E-state index < -0.39 is 0 Å². The van der Waals surface area contributed by atoms with Gasteiger partial charge in [0.1, 0.15) is 0 Å². The first-order valence-electron chi connectivity index (χ1n) is 7.30. The van der Waals surface area contributed by atoms with E-state index in [2.05, 4.69) is 36.1 Å². The smallest absolute Gasteiger partial charge is 0.0133 e. The van der Waals surface area contributed by atoms with Crippen LogP contribution in [0, 0.1) is 11.8 Å². The zero-order chi connectivity index (χ0) is 12.3. The largest absolute Gasteiger partial charge is 0.317 e. The van der Waals surface area contributed by atoms with Crippen molar-refractivity contribution in [3.63, 3.8) is 0 Å². The minimum absolute atomic E-state index is 0.847. The van der Waals surface area contributed by atoms with Gasteiger partial charge < -0.3 is 15.1 Å². The Labute approximate surface area is 107 Å². The first kappa shape index (κ1) is 13.3. The summed E-state index contributed by atoms with van der Waals surface area (Å²) in [6.07, 6.45) is 4.23. The van der Waals surface area contributed by atoms with Crippen molar-refractivity contribution < 1.29 is 0 Å². The SMILES string of the molecule is CCNCC1CCC1N(C)CC1CCN(C)C1. The molecule has 0 aromatic rings. The minimum atomic E-state index is 0.847. The zero-order valence-corrected chi connectivity index (χ0v) is 11.8. The Morgan fingerprint density at radius 3 is 2.65 bits per heavy atom. The third-order valence-corrected chi connectivity index (χ3v) is 4.64. The van der Waals surface area contributed by atoms with E-state index in [1.54, 1.807) is 0 Å². The highest BCUT2D eigenvalue weighted by molar-refractivity contribution is 4.90. The zero-order valence-electron chi connectivity index (χ0n) is 11.8. The van der Waals surface area contributed by atoms with Gasteiger partial charge in [0.05, 0.1) is 0 Å². The number of nitrogens with one attached hydrogen (secondary N) is 1. The fourth-order valence-electron chi connectivity index (χ4n) is 3.42. The Morgan fingerprint density at radius 2 is 2.12 bits per heavy atom. The Morgan fingerprint density at radius 1 is 1.29 bits per heavy atom. The van der Waals surface area contributed by atoms with Crippen molar-refractivity contribution in [3.05, 3.63) is 0 Å². The quantitative estimate of drug-likeness (QED) is 0.753. The lowest BCUT2D eigenvalue weighted by Crippen LogP contribution is -2.50. The Kier molecular flexibility index (Phi) is 4.83. The lowest BCUT2D eigenvalue weighted by Gasteiger charge is -2.43. The van der Waals surface area contributed by atoms with Crippen molar-refractivity contribution in [2.45, 2.75) is 32.2 Å². The molecule has 3 atom stereocenters. The van der Waals surface area contributed by atoms with E-state index in [0.29, 0.717) is 0 Å². The van der Waals surface area contributed by atoms with Crippen LogP contribution in [-0.4, -0.2) is 62.7 Å². The monoisotopic (exact) mass is 239 g/mol. The molecule has 0 bridgehead atoms. The maximum absolute atomic E-state index is 3.50. The summed E-state index contributed by atoms with van der Waals surface area (Å²) in [7, 11) is 4.58. The molecular weight excluding hydrogens is 210 g/mol. The van der Waals surface area contributed by atoms with Gasteiger partial charge in [-0.25, -0.2) is 0 Å². The summed E-state index contributed by atoms with van der Waals surface area (Å²) < 4.78 is 0. The Hall–Kier alpha value is -0.120. The van der Waals surface area contributed by atoms with Crippen molar-refractivity contribution >= 4 is 0 Å². The van der Waals surface area contributed by atoms with Crippen LogP contribution in [0.2, 0.25) is 0 Å². The van der Waals surface area contributed by atoms with Crippen molar-refractivity contribution in [2.24, 2.45) is 11.8 Å². The maximum Gasteiger partial charge on any atom is 0.0133 e. The molecule has 1 aliphatic carbocycles. The highest BCUT2D eigenvalue weighted by Gasteiger charge is 2.34. The van der Waals surface area contributed by atoms with Crippen LogP contribution in [0.1, 0.15) is 26.2 Å². The van der Waals surface area contributed by atoms with Crippen LogP contribution in [0.5, 0.6) is 0 Å². The summed E-state index contributed by atoms with van der Waals surface area (Å²) in [6.45, 7) is 8.43. The molecule has 0 radical (unpaired) electrons. The van der Waals surface area contributed by atoms with Crippen LogP contribution in [0.15, 0.2) is 0 Å². The van der Waals surface area contributed by atoms with Crippen molar-refractivity contribution in [3.8, 4) is 0 Å². The fraction of sp³-hybridized carbons (Fsp3) is 1.00. The molecule has 17 heavy (non-hydrogen) atoms. The van der Waals surface area contributed by atoms with Crippen molar-refractivity contribution in [2.75, 3.05) is 46.8 Å². The van der Waals surface area contributed by atoms with E-state index in [1.165, 1.54) is 45.4 Å². The molecule has 1 heterocycles. The first-order chi connectivity index (χ1) is 8.20. The Bertz CT molecular complexity index is 232. The summed E-state index contributed by atoms with van der Waals surface area (Å²) in [5.74, 6) is 1.81. The van der Waals surface area contributed by atoms with Gasteiger partial charge in [0.15, 0.2) is 0 Å². The van der Waals surface area contributed by atoms with Gasteiger partial charge in [-0.3, -0.25) is 0 Å². The second-order valence-electron chi connectivity index (χ2n) is 6.07. The van der Waals surface area contributed by atoms with Gasteiger partial charge in [0.2, 0.25) is 0 Å². The molecule has 0 aromatic carbocycles. The van der Waals surface area contributed by atoms with E-state index in [9.17, 15) is 0 Å². The molecule has 2 aliphatic rings. The van der Waals surface area contributed by atoms with Gasteiger partial charge in [-0.15, -0.1) is 0 Å². The molecule has 2 fully saturated rings. The molecular formula is C14H29N3. The molecule has 100 valence electrons. The van der Waals surface area contributed by atoms with Gasteiger partial charge in [-0.1, -0.05) is 6.92 Å². The molecule has 0 amide bonds. The summed E-state index contributed by atoms with van der Waals surface area (Å²) in [6, 6.07) is 0.847. The molecule has 3 nitrogen and oxygen atoms in total. The predicted octanol–water partition coefficient (Wildman–Crippen LogP) is 1.26. The second-order valence-corrected chi connectivity index (χ2v) is 6.07. The maximum atomic E-state index is 3.50. The summed E-state index contributed by atoms with van der Waals surface area (Å²) in [5, 5.41) is 3.50. The summed E-state index contributed by atoms with van der Waals surface area (Å²) in [4.78, 5) is 5.10. The van der Waals surface area contributed by atoms with Crippen LogP contribution >= 0.6 is 0 Å². The molecule has 0 spiro atoms. The van der Waals surface area contributed by atoms with Gasteiger partial charge in [-0.05, 0) is 64.8 Å². The highest BCUT2D eigenvalue weighted by Crippen LogP contribution is 2.32. The lowest BCUT2D eigenvalue weighted by atomic mass is 9.78. The second kappa shape index (κ2) is 6.17. The lowest BCUT2D eigenvalue weighted by molar-refractivity contribution is 0.0722.